The van der Waals surface area contributed by atoms with Crippen LogP contribution in [-0.4, -0.2) is 27.8 Å². The maximum absolute atomic E-state index is 12.8. The highest BCUT2D eigenvalue weighted by molar-refractivity contribution is 6.31. The number of aryl methyl sites for hydroxylation is 2. The number of carbonyl (C=O) groups is 1. The third kappa shape index (κ3) is 3.45. The van der Waals surface area contributed by atoms with E-state index >= 15 is 0 Å². The van der Waals surface area contributed by atoms with Crippen LogP contribution in [0.25, 0.3) is 21.8 Å². The van der Waals surface area contributed by atoms with E-state index in [1.54, 1.807) is 18.3 Å². The minimum atomic E-state index is -0.397. The predicted octanol–water partition coefficient (Wildman–Crippen LogP) is 3.80. The monoisotopic (exact) mass is 410 g/mol. The molecule has 8 heteroatoms. The van der Waals surface area contributed by atoms with E-state index in [-0.39, 0.29) is 12.1 Å². The van der Waals surface area contributed by atoms with Crippen LogP contribution in [0.4, 0.5) is 5.69 Å². The number of fused-ring (bicyclic) bond motifs is 3. The van der Waals surface area contributed by atoms with E-state index in [0.29, 0.717) is 22.0 Å². The molecule has 0 spiro atoms. The van der Waals surface area contributed by atoms with Crippen molar-refractivity contribution in [1.82, 2.24) is 14.8 Å². The fraction of sp³-hybridized carbons (Fsp3) is 0.190. The van der Waals surface area contributed by atoms with Crippen molar-refractivity contribution in [3.8, 4) is 5.75 Å². The molecule has 0 aliphatic carbocycles. The molecule has 2 aromatic carbocycles. The standard InChI is InChI=1S/C21H19ClN4O3/c1-11-4-5-16-13(6-11)14-9-23-26(21(28)20(14)25-16)10-19(27)24-17-7-12(2)15(22)8-18(17)29-3/h4-9,25H,10H2,1-3H3,(H,24,27). The topological polar surface area (TPSA) is 89.0 Å². The number of rotatable bonds is 4. The molecular formula is C21H19ClN4O3. The number of amides is 1. The minimum absolute atomic E-state index is 0.228. The van der Waals surface area contributed by atoms with Gasteiger partial charge in [-0.25, -0.2) is 4.68 Å². The molecule has 4 rings (SSSR count). The number of nitrogens with one attached hydrogen (secondary N) is 2. The molecule has 0 saturated carbocycles. The third-order valence-electron chi connectivity index (χ3n) is 4.82. The first-order chi connectivity index (χ1) is 13.9. The van der Waals surface area contributed by atoms with E-state index in [4.69, 9.17) is 16.3 Å². The maximum Gasteiger partial charge on any atom is 0.291 e. The number of nitrogens with zero attached hydrogens (tertiary/aromatic N) is 2. The number of hydrogen-bond acceptors (Lipinski definition) is 4. The normalized spacial score (nSPS) is 11.2. The SMILES string of the molecule is COc1cc(Cl)c(C)cc1NC(=O)Cn1ncc2c([nH]c3ccc(C)cc32)c1=O. The van der Waals surface area contributed by atoms with Gasteiger partial charge in [-0.05, 0) is 37.6 Å². The molecule has 148 valence electrons. The summed E-state index contributed by atoms with van der Waals surface area (Å²) in [6.07, 6.45) is 1.61. The second kappa shape index (κ2) is 7.25. The number of aromatic amines is 1. The Hall–Kier alpha value is -3.32. The largest absolute Gasteiger partial charge is 0.495 e. The second-order valence-electron chi connectivity index (χ2n) is 6.92. The van der Waals surface area contributed by atoms with Crippen molar-refractivity contribution >= 4 is 45.0 Å². The molecule has 0 atom stereocenters. The van der Waals surface area contributed by atoms with Crippen LogP contribution in [0.3, 0.4) is 0 Å². The first-order valence-electron chi connectivity index (χ1n) is 8.99. The summed E-state index contributed by atoms with van der Waals surface area (Å²) >= 11 is 6.10. The predicted molar refractivity (Wildman–Crippen MR) is 114 cm³/mol. The van der Waals surface area contributed by atoms with Gasteiger partial charge < -0.3 is 15.0 Å². The first kappa shape index (κ1) is 19.0. The van der Waals surface area contributed by atoms with Crippen LogP contribution in [0.2, 0.25) is 5.02 Å². The number of carbonyl (C=O) groups excluding carboxylic acids is 1. The summed E-state index contributed by atoms with van der Waals surface area (Å²) in [5.41, 5.74) is 3.30. The van der Waals surface area contributed by atoms with Crippen molar-refractivity contribution in [3.05, 3.63) is 63.0 Å². The van der Waals surface area contributed by atoms with Crippen LogP contribution in [-0.2, 0) is 11.3 Å². The summed E-state index contributed by atoms with van der Waals surface area (Å²) in [4.78, 5) is 28.5. The highest BCUT2D eigenvalue weighted by Gasteiger charge is 2.15. The van der Waals surface area contributed by atoms with Gasteiger partial charge in [0, 0.05) is 27.4 Å². The molecule has 2 heterocycles. The summed E-state index contributed by atoms with van der Waals surface area (Å²) in [7, 11) is 1.49. The fourth-order valence-corrected chi connectivity index (χ4v) is 3.46. The van der Waals surface area contributed by atoms with Gasteiger partial charge in [-0.2, -0.15) is 5.10 Å². The number of H-pyrrole nitrogens is 1. The summed E-state index contributed by atoms with van der Waals surface area (Å²) < 4.78 is 6.40. The molecule has 0 bridgehead atoms. The Balaban J connectivity index is 1.65. The van der Waals surface area contributed by atoms with Crippen LogP contribution in [0.5, 0.6) is 5.75 Å². The second-order valence-corrected chi connectivity index (χ2v) is 7.33. The van der Waals surface area contributed by atoms with Crippen LogP contribution < -0.4 is 15.6 Å². The highest BCUT2D eigenvalue weighted by atomic mass is 35.5. The zero-order valence-electron chi connectivity index (χ0n) is 16.2. The number of ether oxygens (including phenoxy) is 1. The summed E-state index contributed by atoms with van der Waals surface area (Å²) in [5.74, 6) is 0.0432. The average molecular weight is 411 g/mol. The van der Waals surface area contributed by atoms with Crippen molar-refractivity contribution < 1.29 is 9.53 Å². The van der Waals surface area contributed by atoms with Gasteiger partial charge in [0.05, 0.1) is 19.0 Å². The number of methoxy groups -OCH3 is 1. The van der Waals surface area contributed by atoms with Crippen LogP contribution in [0.15, 0.2) is 41.3 Å². The van der Waals surface area contributed by atoms with E-state index in [0.717, 1.165) is 32.1 Å². The molecule has 0 unspecified atom stereocenters. The molecule has 0 saturated heterocycles. The summed E-state index contributed by atoms with van der Waals surface area (Å²) in [6.45, 7) is 3.59. The number of anilines is 1. The Morgan fingerprint density at radius 3 is 2.79 bits per heavy atom. The van der Waals surface area contributed by atoms with Gasteiger partial charge in [0.15, 0.2) is 0 Å². The van der Waals surface area contributed by atoms with E-state index in [9.17, 15) is 9.59 Å². The zero-order chi connectivity index (χ0) is 20.7. The van der Waals surface area contributed by atoms with Crippen molar-refractivity contribution in [2.45, 2.75) is 20.4 Å². The molecular weight excluding hydrogens is 392 g/mol. The van der Waals surface area contributed by atoms with Crippen LogP contribution in [0.1, 0.15) is 11.1 Å². The molecule has 0 aliphatic heterocycles. The van der Waals surface area contributed by atoms with Gasteiger partial charge in [0.25, 0.3) is 5.56 Å². The number of benzene rings is 2. The van der Waals surface area contributed by atoms with Crippen LogP contribution >= 0.6 is 11.6 Å². The number of aromatic nitrogens is 3. The van der Waals surface area contributed by atoms with Crippen molar-refractivity contribution in [2.24, 2.45) is 0 Å². The molecule has 7 nitrogen and oxygen atoms in total. The Kier molecular flexibility index (Phi) is 4.76. The summed E-state index contributed by atoms with van der Waals surface area (Å²) in [6, 6.07) is 9.25. The third-order valence-corrected chi connectivity index (χ3v) is 5.22. The maximum atomic E-state index is 12.8. The van der Waals surface area contributed by atoms with Gasteiger partial charge in [0.1, 0.15) is 17.8 Å². The Morgan fingerprint density at radius 2 is 2.03 bits per heavy atom. The lowest BCUT2D eigenvalue weighted by molar-refractivity contribution is -0.117. The molecule has 29 heavy (non-hydrogen) atoms. The number of halogens is 1. The Bertz CT molecular complexity index is 1320. The highest BCUT2D eigenvalue weighted by Crippen LogP contribution is 2.31. The fourth-order valence-electron chi connectivity index (χ4n) is 3.31. The van der Waals surface area contributed by atoms with E-state index in [1.807, 2.05) is 32.0 Å². The van der Waals surface area contributed by atoms with Gasteiger partial charge in [-0.3, -0.25) is 9.59 Å². The van der Waals surface area contributed by atoms with Crippen LogP contribution in [0, 0.1) is 13.8 Å². The van der Waals surface area contributed by atoms with Gasteiger partial charge in [0.2, 0.25) is 5.91 Å². The van der Waals surface area contributed by atoms with Gasteiger partial charge in [-0.1, -0.05) is 23.2 Å². The molecule has 4 aromatic rings. The average Bonchev–Trinajstić information content (AvgIpc) is 3.05. The van der Waals surface area contributed by atoms with Gasteiger partial charge >= 0.3 is 0 Å². The lowest BCUT2D eigenvalue weighted by Gasteiger charge is -2.12. The minimum Gasteiger partial charge on any atom is -0.495 e. The Morgan fingerprint density at radius 1 is 1.24 bits per heavy atom. The summed E-state index contributed by atoms with van der Waals surface area (Å²) in [5, 5.41) is 9.15. The molecule has 2 aromatic heterocycles. The Labute approximate surface area is 171 Å². The van der Waals surface area contributed by atoms with E-state index in [1.165, 1.54) is 7.11 Å². The van der Waals surface area contributed by atoms with E-state index < -0.39 is 5.91 Å². The lowest BCUT2D eigenvalue weighted by Crippen LogP contribution is -2.29. The first-order valence-corrected chi connectivity index (χ1v) is 9.37. The number of hydrogen-bond donors (Lipinski definition) is 2. The quantitative estimate of drug-likeness (QED) is 0.535. The van der Waals surface area contributed by atoms with Crippen molar-refractivity contribution in [1.29, 1.82) is 0 Å². The smallest absolute Gasteiger partial charge is 0.291 e. The molecule has 2 N–H and O–H groups in total. The zero-order valence-corrected chi connectivity index (χ0v) is 16.9. The van der Waals surface area contributed by atoms with E-state index in [2.05, 4.69) is 15.4 Å². The van der Waals surface area contributed by atoms with Crippen molar-refractivity contribution in [3.63, 3.8) is 0 Å². The molecule has 0 radical (unpaired) electrons. The molecule has 0 aliphatic rings. The molecule has 1 amide bonds. The van der Waals surface area contributed by atoms with Crippen molar-refractivity contribution in [2.75, 3.05) is 12.4 Å². The van der Waals surface area contributed by atoms with Gasteiger partial charge in [-0.15, -0.1) is 0 Å². The lowest BCUT2D eigenvalue weighted by atomic mass is 10.1. The molecule has 0 fully saturated rings.